The molecule has 3 heteroatoms. The second-order valence-corrected chi connectivity index (χ2v) is 6.02. The molecule has 0 spiro atoms. The number of halogens is 2. The van der Waals surface area contributed by atoms with Gasteiger partial charge in [0.15, 0.2) is 0 Å². The quantitative estimate of drug-likeness (QED) is 0.696. The summed E-state index contributed by atoms with van der Waals surface area (Å²) in [5.74, 6) is 0.965. The second kappa shape index (κ2) is 5.54. The zero-order valence-corrected chi connectivity index (χ0v) is 12.4. The molecule has 0 heterocycles. The minimum Gasteiger partial charge on any atom is -0.494 e. The number of hydrogen-bond donors (Lipinski definition) is 0. The summed E-state index contributed by atoms with van der Waals surface area (Å²) in [6.07, 6.45) is 5.24. The van der Waals surface area contributed by atoms with Crippen LogP contribution < -0.4 is 4.74 Å². The predicted octanol–water partition coefficient (Wildman–Crippen LogP) is 4.78. The van der Waals surface area contributed by atoms with Gasteiger partial charge >= 0.3 is 0 Å². The molecule has 0 aromatic heterocycles. The summed E-state index contributed by atoms with van der Waals surface area (Å²) < 4.78 is 6.85. The number of ether oxygens (including phenoxy) is 1. The molecule has 0 aliphatic heterocycles. The summed E-state index contributed by atoms with van der Waals surface area (Å²) >= 11 is 7.03. The van der Waals surface area contributed by atoms with E-state index in [1.54, 1.807) is 0 Å². The van der Waals surface area contributed by atoms with Gasteiger partial charge in [0.05, 0.1) is 6.61 Å². The van der Waals surface area contributed by atoms with E-state index in [4.69, 9.17) is 4.74 Å². The molecule has 1 saturated carbocycles. The van der Waals surface area contributed by atoms with Crippen LogP contribution >= 0.6 is 31.9 Å². The average Bonchev–Trinajstić information content (AvgIpc) is 2.25. The van der Waals surface area contributed by atoms with Gasteiger partial charge in [0, 0.05) is 9.80 Å². The SMILES string of the molecule is BrCC1(CCOc2ccc(Br)cc2)CCC1. The molecule has 1 fully saturated rings. The van der Waals surface area contributed by atoms with Crippen LogP contribution in [0.5, 0.6) is 5.75 Å². The zero-order valence-electron chi connectivity index (χ0n) is 9.22. The molecule has 1 aromatic rings. The smallest absolute Gasteiger partial charge is 0.119 e. The van der Waals surface area contributed by atoms with Gasteiger partial charge in [0.1, 0.15) is 5.75 Å². The predicted molar refractivity (Wildman–Crippen MR) is 74.3 cm³/mol. The summed E-state index contributed by atoms with van der Waals surface area (Å²) in [4.78, 5) is 0. The summed E-state index contributed by atoms with van der Waals surface area (Å²) in [6, 6.07) is 8.04. The van der Waals surface area contributed by atoms with Crippen LogP contribution in [0.2, 0.25) is 0 Å². The molecule has 0 atom stereocenters. The fourth-order valence-electron chi connectivity index (χ4n) is 2.04. The molecule has 0 bridgehead atoms. The van der Waals surface area contributed by atoms with E-state index in [1.165, 1.54) is 19.3 Å². The highest BCUT2D eigenvalue weighted by Gasteiger charge is 2.35. The van der Waals surface area contributed by atoms with Crippen molar-refractivity contribution in [2.75, 3.05) is 11.9 Å². The lowest BCUT2D eigenvalue weighted by Gasteiger charge is -2.40. The fraction of sp³-hybridized carbons (Fsp3) is 0.538. The Labute approximate surface area is 114 Å². The minimum absolute atomic E-state index is 0.523. The van der Waals surface area contributed by atoms with Crippen molar-refractivity contribution >= 4 is 31.9 Å². The van der Waals surface area contributed by atoms with Crippen molar-refractivity contribution in [1.82, 2.24) is 0 Å². The zero-order chi connectivity index (χ0) is 11.4. The highest BCUT2D eigenvalue weighted by molar-refractivity contribution is 9.10. The summed E-state index contributed by atoms with van der Waals surface area (Å²) in [6.45, 7) is 0.827. The van der Waals surface area contributed by atoms with Crippen molar-refractivity contribution < 1.29 is 4.74 Å². The molecule has 0 N–H and O–H groups in total. The van der Waals surface area contributed by atoms with Gasteiger partial charge in [-0.15, -0.1) is 0 Å². The first-order valence-electron chi connectivity index (χ1n) is 5.68. The molecule has 0 saturated heterocycles. The van der Waals surface area contributed by atoms with Crippen LogP contribution in [0, 0.1) is 5.41 Å². The van der Waals surface area contributed by atoms with E-state index in [1.807, 2.05) is 24.3 Å². The average molecular weight is 348 g/mol. The van der Waals surface area contributed by atoms with E-state index >= 15 is 0 Å². The Morgan fingerprint density at radius 1 is 1.19 bits per heavy atom. The van der Waals surface area contributed by atoms with Gasteiger partial charge in [-0.25, -0.2) is 0 Å². The van der Waals surface area contributed by atoms with Crippen molar-refractivity contribution in [3.63, 3.8) is 0 Å². The third-order valence-corrected chi connectivity index (χ3v) is 5.13. The van der Waals surface area contributed by atoms with Crippen LogP contribution in [-0.2, 0) is 0 Å². The lowest BCUT2D eigenvalue weighted by Crippen LogP contribution is -2.32. The molecule has 1 nitrogen and oxygen atoms in total. The van der Waals surface area contributed by atoms with Crippen molar-refractivity contribution in [2.24, 2.45) is 5.41 Å². The number of benzene rings is 1. The monoisotopic (exact) mass is 346 g/mol. The van der Waals surface area contributed by atoms with Gasteiger partial charge in [-0.1, -0.05) is 38.3 Å². The van der Waals surface area contributed by atoms with E-state index in [2.05, 4.69) is 31.9 Å². The van der Waals surface area contributed by atoms with Gasteiger partial charge in [-0.05, 0) is 48.9 Å². The van der Waals surface area contributed by atoms with Gasteiger partial charge in [-0.3, -0.25) is 0 Å². The number of rotatable bonds is 5. The first-order chi connectivity index (χ1) is 7.74. The molecule has 1 aromatic carbocycles. The first-order valence-corrected chi connectivity index (χ1v) is 7.60. The Hall–Kier alpha value is -0.0200. The van der Waals surface area contributed by atoms with Crippen LogP contribution in [-0.4, -0.2) is 11.9 Å². The third-order valence-electron chi connectivity index (χ3n) is 3.41. The van der Waals surface area contributed by atoms with Crippen LogP contribution in [0.4, 0.5) is 0 Å². The van der Waals surface area contributed by atoms with Gasteiger partial charge < -0.3 is 4.74 Å². The van der Waals surface area contributed by atoms with E-state index in [9.17, 15) is 0 Å². The van der Waals surface area contributed by atoms with Crippen LogP contribution in [0.25, 0.3) is 0 Å². The molecule has 0 amide bonds. The molecular weight excluding hydrogens is 332 g/mol. The van der Waals surface area contributed by atoms with E-state index in [-0.39, 0.29) is 0 Å². The Bertz CT molecular complexity index is 325. The molecular formula is C13H16Br2O. The van der Waals surface area contributed by atoms with Crippen molar-refractivity contribution in [3.8, 4) is 5.75 Å². The minimum atomic E-state index is 0.523. The molecule has 1 aliphatic rings. The first kappa shape index (κ1) is 12.4. The van der Waals surface area contributed by atoms with E-state index < -0.39 is 0 Å². The van der Waals surface area contributed by atoms with Crippen molar-refractivity contribution in [1.29, 1.82) is 0 Å². The van der Waals surface area contributed by atoms with E-state index in [0.717, 1.165) is 28.6 Å². The topological polar surface area (TPSA) is 9.23 Å². The highest BCUT2D eigenvalue weighted by Crippen LogP contribution is 2.45. The lowest BCUT2D eigenvalue weighted by atomic mass is 9.68. The molecule has 1 aliphatic carbocycles. The molecule has 88 valence electrons. The Kier molecular flexibility index (Phi) is 4.31. The second-order valence-electron chi connectivity index (χ2n) is 4.54. The summed E-state index contributed by atoms with van der Waals surface area (Å²) in [7, 11) is 0. The maximum atomic E-state index is 5.75. The van der Waals surface area contributed by atoms with Crippen molar-refractivity contribution in [3.05, 3.63) is 28.7 Å². The van der Waals surface area contributed by atoms with Gasteiger partial charge in [-0.2, -0.15) is 0 Å². The Balaban J connectivity index is 1.77. The lowest BCUT2D eigenvalue weighted by molar-refractivity contribution is 0.123. The molecule has 0 radical (unpaired) electrons. The van der Waals surface area contributed by atoms with Crippen LogP contribution in [0.15, 0.2) is 28.7 Å². The Morgan fingerprint density at radius 3 is 2.38 bits per heavy atom. The molecule has 16 heavy (non-hydrogen) atoms. The fourth-order valence-corrected chi connectivity index (χ4v) is 3.15. The normalized spacial score (nSPS) is 17.9. The molecule has 0 unspecified atom stereocenters. The Morgan fingerprint density at radius 2 is 1.88 bits per heavy atom. The molecule has 2 rings (SSSR count). The van der Waals surface area contributed by atoms with Gasteiger partial charge in [0.25, 0.3) is 0 Å². The number of hydrogen-bond acceptors (Lipinski definition) is 1. The summed E-state index contributed by atoms with van der Waals surface area (Å²) in [5, 5.41) is 1.11. The third kappa shape index (κ3) is 3.01. The van der Waals surface area contributed by atoms with E-state index in [0.29, 0.717) is 5.41 Å². The van der Waals surface area contributed by atoms with Crippen molar-refractivity contribution in [2.45, 2.75) is 25.7 Å². The number of alkyl halides is 1. The van der Waals surface area contributed by atoms with Crippen LogP contribution in [0.3, 0.4) is 0 Å². The van der Waals surface area contributed by atoms with Gasteiger partial charge in [0.2, 0.25) is 0 Å². The largest absolute Gasteiger partial charge is 0.494 e. The maximum absolute atomic E-state index is 5.75. The highest BCUT2D eigenvalue weighted by atomic mass is 79.9. The maximum Gasteiger partial charge on any atom is 0.119 e. The summed E-state index contributed by atoms with van der Waals surface area (Å²) in [5.41, 5.74) is 0.523. The standard InChI is InChI=1S/C13H16Br2O/c14-10-13(6-1-7-13)8-9-16-12-4-2-11(15)3-5-12/h2-5H,1,6-10H2. The van der Waals surface area contributed by atoms with Crippen LogP contribution in [0.1, 0.15) is 25.7 Å².